The topological polar surface area (TPSA) is 93.9 Å². The van der Waals surface area contributed by atoms with Gasteiger partial charge in [0.25, 0.3) is 5.91 Å². The first kappa shape index (κ1) is 22.7. The van der Waals surface area contributed by atoms with E-state index in [2.05, 4.69) is 10.1 Å². The molecule has 0 N–H and O–H groups in total. The number of hydrogen-bond donors (Lipinski definition) is 0. The van der Waals surface area contributed by atoms with Crippen LogP contribution in [0.15, 0.2) is 41.4 Å². The fraction of sp³-hybridized carbons (Fsp3) is 0.316. The van der Waals surface area contributed by atoms with Gasteiger partial charge in [-0.25, -0.2) is 17.9 Å². The number of sulfone groups is 1. The van der Waals surface area contributed by atoms with Gasteiger partial charge in [-0.15, -0.1) is 0 Å². The number of ether oxygens (including phenoxy) is 1. The van der Waals surface area contributed by atoms with E-state index in [0.29, 0.717) is 4.52 Å². The van der Waals surface area contributed by atoms with Gasteiger partial charge in [0.15, 0.2) is 21.2 Å². The molecule has 0 saturated carbocycles. The van der Waals surface area contributed by atoms with Crippen LogP contribution in [0, 0.1) is 0 Å². The summed E-state index contributed by atoms with van der Waals surface area (Å²) >= 11 is 0. The molecule has 0 spiro atoms. The molecule has 0 aliphatic heterocycles. The summed E-state index contributed by atoms with van der Waals surface area (Å²) in [6.45, 7) is 0.478. The number of carbonyl (C=O) groups excluding carboxylic acids is 1. The Morgan fingerprint density at radius 3 is 2.42 bits per heavy atom. The largest absolute Gasteiger partial charge is 0.433 e. The molecule has 1 aromatic carbocycles. The normalized spacial score (nSPS) is 12.3. The van der Waals surface area contributed by atoms with E-state index in [4.69, 9.17) is 4.74 Å². The lowest BCUT2D eigenvalue weighted by Crippen LogP contribution is -2.30. The van der Waals surface area contributed by atoms with Crippen LogP contribution in [-0.2, 0) is 20.8 Å². The molecular weight excluding hydrogens is 437 g/mol. The number of methoxy groups -OCH3 is 1. The third-order valence-electron chi connectivity index (χ3n) is 4.55. The van der Waals surface area contributed by atoms with Gasteiger partial charge >= 0.3 is 6.18 Å². The van der Waals surface area contributed by atoms with Crippen LogP contribution in [0.3, 0.4) is 0 Å². The monoisotopic (exact) mass is 456 g/mol. The fourth-order valence-electron chi connectivity index (χ4n) is 2.87. The zero-order chi connectivity index (χ0) is 23.0. The Hall–Kier alpha value is -2.99. The Bertz CT molecular complexity index is 1220. The summed E-state index contributed by atoms with van der Waals surface area (Å²) in [5, 5.41) is 3.73. The van der Waals surface area contributed by atoms with Gasteiger partial charge in [0, 0.05) is 32.5 Å². The molecule has 0 aliphatic carbocycles. The van der Waals surface area contributed by atoms with Crippen molar-refractivity contribution in [2.24, 2.45) is 0 Å². The molecule has 0 saturated heterocycles. The molecule has 2 aromatic heterocycles. The van der Waals surface area contributed by atoms with Crippen molar-refractivity contribution >= 4 is 21.4 Å². The molecule has 166 valence electrons. The van der Waals surface area contributed by atoms with Gasteiger partial charge in [-0.1, -0.05) is 12.1 Å². The summed E-state index contributed by atoms with van der Waals surface area (Å²) in [5.41, 5.74) is -1.29. The summed E-state index contributed by atoms with van der Waals surface area (Å²) in [6.07, 6.45) is -2.70. The van der Waals surface area contributed by atoms with Crippen molar-refractivity contribution in [3.8, 4) is 11.3 Å². The van der Waals surface area contributed by atoms with E-state index in [0.717, 1.165) is 18.5 Å². The molecule has 2 heterocycles. The highest BCUT2D eigenvalue weighted by molar-refractivity contribution is 7.90. The summed E-state index contributed by atoms with van der Waals surface area (Å²) in [6, 6.07) is 6.09. The molecule has 0 fully saturated rings. The lowest BCUT2D eigenvalue weighted by Gasteiger charge is -2.16. The lowest BCUT2D eigenvalue weighted by molar-refractivity contribution is -0.142. The van der Waals surface area contributed by atoms with Gasteiger partial charge in [-0.05, 0) is 18.2 Å². The van der Waals surface area contributed by atoms with Crippen LogP contribution >= 0.6 is 0 Å². The number of aromatic nitrogens is 3. The zero-order valence-corrected chi connectivity index (χ0v) is 17.7. The second-order valence-corrected chi connectivity index (χ2v) is 8.85. The molecule has 3 rings (SSSR count). The number of fused-ring (bicyclic) bond motifs is 1. The van der Waals surface area contributed by atoms with E-state index in [1.807, 2.05) is 0 Å². The first-order chi connectivity index (χ1) is 14.4. The van der Waals surface area contributed by atoms with E-state index in [-0.39, 0.29) is 40.5 Å². The highest BCUT2D eigenvalue weighted by Crippen LogP contribution is 2.33. The minimum atomic E-state index is -4.77. The van der Waals surface area contributed by atoms with Crippen LogP contribution in [0.4, 0.5) is 13.2 Å². The number of benzene rings is 1. The van der Waals surface area contributed by atoms with E-state index in [1.165, 1.54) is 43.3 Å². The van der Waals surface area contributed by atoms with E-state index < -0.39 is 27.6 Å². The molecule has 0 radical (unpaired) electrons. The molecule has 1 amide bonds. The maximum atomic E-state index is 13.7. The molecule has 0 bridgehead atoms. The van der Waals surface area contributed by atoms with Crippen LogP contribution in [-0.4, -0.2) is 67.4 Å². The third-order valence-corrected chi connectivity index (χ3v) is 5.68. The lowest BCUT2D eigenvalue weighted by atomic mass is 10.1. The van der Waals surface area contributed by atoms with Crippen molar-refractivity contribution in [2.45, 2.75) is 11.1 Å². The van der Waals surface area contributed by atoms with Gasteiger partial charge in [-0.3, -0.25) is 4.79 Å². The number of amides is 1. The zero-order valence-electron chi connectivity index (χ0n) is 16.8. The van der Waals surface area contributed by atoms with Gasteiger partial charge < -0.3 is 9.64 Å². The highest BCUT2D eigenvalue weighted by Gasteiger charge is 2.36. The van der Waals surface area contributed by atoms with Crippen LogP contribution in [0.25, 0.3) is 16.9 Å². The molecule has 0 aliphatic rings. The molecule has 3 aromatic rings. The summed E-state index contributed by atoms with van der Waals surface area (Å²) < 4.78 is 69.8. The Morgan fingerprint density at radius 1 is 1.23 bits per heavy atom. The number of alkyl halides is 3. The van der Waals surface area contributed by atoms with Crippen molar-refractivity contribution < 1.29 is 31.1 Å². The van der Waals surface area contributed by atoms with Crippen molar-refractivity contribution in [2.75, 3.05) is 33.6 Å². The summed E-state index contributed by atoms with van der Waals surface area (Å²) in [5.74, 6) is -0.558. The number of likely N-dealkylation sites (N-methyl/N-ethyl adjacent to an activating group) is 1. The Balaban J connectivity index is 2.16. The average Bonchev–Trinajstić information content (AvgIpc) is 3.13. The number of rotatable bonds is 6. The smallest absolute Gasteiger partial charge is 0.383 e. The van der Waals surface area contributed by atoms with Gasteiger partial charge in [0.2, 0.25) is 0 Å². The molecule has 31 heavy (non-hydrogen) atoms. The van der Waals surface area contributed by atoms with Crippen molar-refractivity contribution in [1.82, 2.24) is 19.5 Å². The van der Waals surface area contributed by atoms with Crippen LogP contribution in [0.5, 0.6) is 0 Å². The quantitative estimate of drug-likeness (QED) is 0.566. The van der Waals surface area contributed by atoms with Crippen molar-refractivity contribution in [3.05, 3.63) is 47.8 Å². The first-order valence-electron chi connectivity index (χ1n) is 8.94. The van der Waals surface area contributed by atoms with Crippen LogP contribution in [0.2, 0.25) is 0 Å². The van der Waals surface area contributed by atoms with Gasteiger partial charge in [0.1, 0.15) is 5.56 Å². The minimum absolute atomic E-state index is 0.0216. The predicted octanol–water partition coefficient (Wildman–Crippen LogP) is 2.54. The summed E-state index contributed by atoms with van der Waals surface area (Å²) in [4.78, 5) is 18.3. The Kier molecular flexibility index (Phi) is 6.05. The second-order valence-electron chi connectivity index (χ2n) is 6.83. The van der Waals surface area contributed by atoms with Crippen molar-refractivity contribution in [3.63, 3.8) is 0 Å². The Labute approximate surface area is 176 Å². The molecule has 0 atom stereocenters. The number of halogens is 3. The molecular formula is C19H19F3N4O4S. The highest BCUT2D eigenvalue weighted by atomic mass is 32.2. The van der Waals surface area contributed by atoms with Crippen LogP contribution in [0.1, 0.15) is 16.1 Å². The predicted molar refractivity (Wildman–Crippen MR) is 105 cm³/mol. The maximum Gasteiger partial charge on any atom is 0.433 e. The molecule has 0 unspecified atom stereocenters. The first-order valence-corrected chi connectivity index (χ1v) is 10.8. The van der Waals surface area contributed by atoms with Gasteiger partial charge in [-0.2, -0.15) is 18.3 Å². The molecule has 8 nitrogen and oxygen atoms in total. The van der Waals surface area contributed by atoms with Gasteiger partial charge in [0.05, 0.1) is 23.4 Å². The minimum Gasteiger partial charge on any atom is -0.383 e. The number of nitrogens with zero attached hydrogens (tertiary/aromatic N) is 4. The van der Waals surface area contributed by atoms with E-state index in [9.17, 15) is 26.4 Å². The van der Waals surface area contributed by atoms with E-state index >= 15 is 0 Å². The number of hydrogen-bond acceptors (Lipinski definition) is 6. The SMILES string of the molecule is COCCN(C)C(=O)c1cnn2c(C(F)(F)F)cc(-c3ccc(S(C)(=O)=O)cc3)nc12. The van der Waals surface area contributed by atoms with E-state index in [1.54, 1.807) is 0 Å². The summed E-state index contributed by atoms with van der Waals surface area (Å²) in [7, 11) is -0.515. The van der Waals surface area contributed by atoms with Crippen LogP contribution < -0.4 is 0 Å². The fourth-order valence-corrected chi connectivity index (χ4v) is 3.50. The second kappa shape index (κ2) is 8.27. The molecule has 12 heteroatoms. The van der Waals surface area contributed by atoms with Crippen molar-refractivity contribution in [1.29, 1.82) is 0 Å². The number of carbonyl (C=O) groups is 1. The average molecular weight is 456 g/mol. The third kappa shape index (κ3) is 4.69. The standard InChI is InChI=1S/C19H19F3N4O4S/c1-25(8-9-30-2)18(27)14-11-23-26-16(19(20,21)22)10-15(24-17(14)26)12-4-6-13(7-5-12)31(3,28)29/h4-7,10-11H,8-9H2,1-3H3. The Morgan fingerprint density at radius 2 is 1.87 bits per heavy atom. The maximum absolute atomic E-state index is 13.7.